The van der Waals surface area contributed by atoms with E-state index in [1.54, 1.807) is 43.5 Å². The second kappa shape index (κ2) is 10.3. The van der Waals surface area contributed by atoms with Crippen LogP contribution in [0.1, 0.15) is 16.7 Å². The first-order chi connectivity index (χ1) is 16.0. The van der Waals surface area contributed by atoms with Crippen LogP contribution in [0.2, 0.25) is 10.0 Å². The Hall–Kier alpha value is -2.93. The van der Waals surface area contributed by atoms with Crippen LogP contribution in [0.15, 0.2) is 71.6 Å². The lowest BCUT2D eigenvalue weighted by atomic mass is 10.1. The van der Waals surface area contributed by atoms with Crippen molar-refractivity contribution in [1.82, 2.24) is 4.90 Å². The summed E-state index contributed by atoms with van der Waals surface area (Å²) in [5.74, 6) is 0.635. The zero-order valence-corrected chi connectivity index (χ0v) is 19.9. The second-order valence-electron chi connectivity index (χ2n) is 7.16. The van der Waals surface area contributed by atoms with Crippen molar-refractivity contribution >= 4 is 52.2 Å². The summed E-state index contributed by atoms with van der Waals surface area (Å²) in [6.45, 7) is 0.395. The Morgan fingerprint density at radius 1 is 1.00 bits per heavy atom. The van der Waals surface area contributed by atoms with Crippen molar-refractivity contribution in [2.75, 3.05) is 7.11 Å². The van der Waals surface area contributed by atoms with E-state index in [0.29, 0.717) is 44.2 Å². The standard InChI is InChI=1S/C25H19Cl2NO4S/c1-31-21-9-5-8-17(23(21)32-15-16-6-3-2-4-7-16)12-22-24(29)28(25(30)33-22)14-18-10-11-19(26)13-20(18)27/h2-13H,14-15H2,1H3/b22-12-. The van der Waals surface area contributed by atoms with Gasteiger partial charge in [0.05, 0.1) is 18.6 Å². The Balaban J connectivity index is 1.59. The third kappa shape index (κ3) is 5.36. The highest BCUT2D eigenvalue weighted by atomic mass is 35.5. The highest BCUT2D eigenvalue weighted by molar-refractivity contribution is 8.18. The van der Waals surface area contributed by atoms with Crippen molar-refractivity contribution in [2.24, 2.45) is 0 Å². The van der Waals surface area contributed by atoms with Gasteiger partial charge in [-0.2, -0.15) is 0 Å². The van der Waals surface area contributed by atoms with Crippen molar-refractivity contribution < 1.29 is 19.1 Å². The molecule has 0 spiro atoms. The van der Waals surface area contributed by atoms with Gasteiger partial charge in [0.25, 0.3) is 11.1 Å². The maximum atomic E-state index is 13.0. The number of hydrogen-bond donors (Lipinski definition) is 0. The minimum absolute atomic E-state index is 0.0630. The van der Waals surface area contributed by atoms with Crippen LogP contribution in [0.4, 0.5) is 4.79 Å². The van der Waals surface area contributed by atoms with E-state index in [0.717, 1.165) is 22.2 Å². The number of methoxy groups -OCH3 is 1. The fourth-order valence-electron chi connectivity index (χ4n) is 3.29. The minimum atomic E-state index is -0.396. The molecule has 0 aliphatic carbocycles. The first-order valence-electron chi connectivity index (χ1n) is 9.99. The number of halogens is 2. The van der Waals surface area contributed by atoms with Gasteiger partial charge < -0.3 is 9.47 Å². The lowest BCUT2D eigenvalue weighted by Gasteiger charge is -2.14. The Bertz CT molecular complexity index is 1230. The molecule has 3 aromatic rings. The lowest BCUT2D eigenvalue weighted by molar-refractivity contribution is -0.123. The van der Waals surface area contributed by atoms with E-state index in [1.165, 1.54) is 0 Å². The van der Waals surface area contributed by atoms with E-state index in [4.69, 9.17) is 32.7 Å². The lowest BCUT2D eigenvalue weighted by Crippen LogP contribution is -2.27. The number of ether oxygens (including phenoxy) is 2. The smallest absolute Gasteiger partial charge is 0.293 e. The van der Waals surface area contributed by atoms with Crippen LogP contribution in [-0.4, -0.2) is 23.2 Å². The average molecular weight is 500 g/mol. The summed E-state index contributed by atoms with van der Waals surface area (Å²) >= 11 is 13.0. The fraction of sp³-hybridized carbons (Fsp3) is 0.120. The number of carbonyl (C=O) groups excluding carboxylic acids is 2. The molecule has 0 atom stereocenters. The van der Waals surface area contributed by atoms with Gasteiger partial charge in [0, 0.05) is 15.6 Å². The minimum Gasteiger partial charge on any atom is -0.493 e. The monoisotopic (exact) mass is 499 g/mol. The third-order valence-corrected chi connectivity index (χ3v) is 6.45. The molecule has 0 radical (unpaired) electrons. The number of imide groups is 1. The predicted molar refractivity (Wildman–Crippen MR) is 132 cm³/mol. The molecule has 0 aromatic heterocycles. The van der Waals surface area contributed by atoms with Crippen molar-refractivity contribution in [3.63, 3.8) is 0 Å². The Morgan fingerprint density at radius 3 is 2.52 bits per heavy atom. The number of para-hydroxylation sites is 1. The predicted octanol–water partition coefficient (Wildman–Crippen LogP) is 6.82. The van der Waals surface area contributed by atoms with Gasteiger partial charge in [-0.3, -0.25) is 14.5 Å². The normalized spacial score (nSPS) is 14.8. The topological polar surface area (TPSA) is 55.8 Å². The quantitative estimate of drug-likeness (QED) is 0.334. The molecule has 0 N–H and O–H groups in total. The van der Waals surface area contributed by atoms with Crippen molar-refractivity contribution in [3.8, 4) is 11.5 Å². The molecule has 33 heavy (non-hydrogen) atoms. The van der Waals surface area contributed by atoms with Crippen molar-refractivity contribution in [3.05, 3.63) is 98.4 Å². The SMILES string of the molecule is COc1cccc(/C=C2\SC(=O)N(Cc3ccc(Cl)cc3Cl)C2=O)c1OCc1ccccc1. The maximum absolute atomic E-state index is 13.0. The summed E-state index contributed by atoms with van der Waals surface area (Å²) in [6, 6.07) is 20.1. The van der Waals surface area contributed by atoms with E-state index in [9.17, 15) is 9.59 Å². The zero-order valence-electron chi connectivity index (χ0n) is 17.6. The number of rotatable bonds is 7. The average Bonchev–Trinajstić information content (AvgIpc) is 3.07. The van der Waals surface area contributed by atoms with Gasteiger partial charge in [-0.05, 0) is 47.2 Å². The molecule has 1 fully saturated rings. The largest absolute Gasteiger partial charge is 0.493 e. The van der Waals surface area contributed by atoms with Gasteiger partial charge in [0.1, 0.15) is 6.61 Å². The molecule has 1 aliphatic heterocycles. The first-order valence-corrected chi connectivity index (χ1v) is 11.6. The summed E-state index contributed by atoms with van der Waals surface area (Å²) < 4.78 is 11.5. The molecule has 1 heterocycles. The van der Waals surface area contributed by atoms with Crippen LogP contribution in [0.3, 0.4) is 0 Å². The Labute approximate surface area is 205 Å². The highest BCUT2D eigenvalue weighted by Crippen LogP contribution is 2.38. The third-order valence-electron chi connectivity index (χ3n) is 4.96. The van der Waals surface area contributed by atoms with E-state index < -0.39 is 5.91 Å². The molecule has 1 saturated heterocycles. The Kier molecular flexibility index (Phi) is 7.28. The maximum Gasteiger partial charge on any atom is 0.293 e. The summed E-state index contributed by atoms with van der Waals surface area (Å²) in [4.78, 5) is 27.1. The molecule has 0 unspecified atom stereocenters. The molecule has 3 aromatic carbocycles. The summed E-state index contributed by atoms with van der Waals surface area (Å²) in [6.07, 6.45) is 1.65. The van der Waals surface area contributed by atoms with Gasteiger partial charge in [-0.25, -0.2) is 0 Å². The Morgan fingerprint density at radius 2 is 1.79 bits per heavy atom. The molecule has 2 amide bonds. The van der Waals surface area contributed by atoms with Gasteiger partial charge in [0.2, 0.25) is 0 Å². The molecule has 5 nitrogen and oxygen atoms in total. The van der Waals surface area contributed by atoms with Gasteiger partial charge in [-0.15, -0.1) is 0 Å². The molecule has 0 saturated carbocycles. The number of thioether (sulfide) groups is 1. The fourth-order valence-corrected chi connectivity index (χ4v) is 4.59. The van der Waals surface area contributed by atoms with E-state index in [2.05, 4.69) is 0 Å². The molecular formula is C25H19Cl2NO4S. The van der Waals surface area contributed by atoms with Crippen molar-refractivity contribution in [2.45, 2.75) is 13.2 Å². The summed E-state index contributed by atoms with van der Waals surface area (Å²) in [5, 5.41) is 0.515. The summed E-state index contributed by atoms with van der Waals surface area (Å²) in [5.41, 5.74) is 2.27. The second-order valence-corrected chi connectivity index (χ2v) is 8.99. The van der Waals surface area contributed by atoms with Gasteiger partial charge in [-0.1, -0.05) is 71.7 Å². The van der Waals surface area contributed by atoms with Gasteiger partial charge >= 0.3 is 0 Å². The van der Waals surface area contributed by atoms with Crippen LogP contribution in [0.25, 0.3) is 6.08 Å². The van der Waals surface area contributed by atoms with E-state index in [-0.39, 0.29) is 11.8 Å². The molecule has 168 valence electrons. The molecule has 4 rings (SSSR count). The van der Waals surface area contributed by atoms with Crippen LogP contribution < -0.4 is 9.47 Å². The number of hydrogen-bond acceptors (Lipinski definition) is 5. The number of benzene rings is 3. The van der Waals surface area contributed by atoms with E-state index >= 15 is 0 Å². The van der Waals surface area contributed by atoms with Crippen molar-refractivity contribution in [1.29, 1.82) is 0 Å². The van der Waals surface area contributed by atoms with Crippen LogP contribution in [0, 0.1) is 0 Å². The molecule has 8 heteroatoms. The summed E-state index contributed by atoms with van der Waals surface area (Å²) in [7, 11) is 1.55. The van der Waals surface area contributed by atoms with Gasteiger partial charge in [0.15, 0.2) is 11.5 Å². The highest BCUT2D eigenvalue weighted by Gasteiger charge is 2.35. The molecular weight excluding hydrogens is 481 g/mol. The number of amides is 2. The van der Waals surface area contributed by atoms with Crippen LogP contribution >= 0.6 is 35.0 Å². The number of carbonyl (C=O) groups is 2. The zero-order chi connectivity index (χ0) is 23.4. The van der Waals surface area contributed by atoms with Crippen LogP contribution in [-0.2, 0) is 17.9 Å². The van der Waals surface area contributed by atoms with Crippen LogP contribution in [0.5, 0.6) is 11.5 Å². The first kappa shape index (κ1) is 23.2. The molecule has 1 aliphatic rings. The number of nitrogens with zero attached hydrogens (tertiary/aromatic N) is 1. The van der Waals surface area contributed by atoms with E-state index in [1.807, 2.05) is 36.4 Å². The molecule has 0 bridgehead atoms.